The summed E-state index contributed by atoms with van der Waals surface area (Å²) >= 11 is 1.57. The van der Waals surface area contributed by atoms with Gasteiger partial charge in [0.1, 0.15) is 11.3 Å². The molecule has 1 spiro atoms. The van der Waals surface area contributed by atoms with Gasteiger partial charge in [-0.3, -0.25) is 14.3 Å². The molecule has 1 aliphatic carbocycles. The van der Waals surface area contributed by atoms with Crippen molar-refractivity contribution in [1.29, 1.82) is 0 Å². The van der Waals surface area contributed by atoms with Crippen molar-refractivity contribution in [2.75, 3.05) is 19.7 Å². The third kappa shape index (κ3) is 3.28. The molecule has 29 heavy (non-hydrogen) atoms. The quantitative estimate of drug-likeness (QED) is 0.837. The van der Waals surface area contributed by atoms with Crippen LogP contribution in [0.5, 0.6) is 0 Å². The number of amides is 2. The van der Waals surface area contributed by atoms with Gasteiger partial charge in [0, 0.05) is 36.8 Å². The number of likely N-dealkylation sites (tertiary alicyclic amines) is 1. The summed E-state index contributed by atoms with van der Waals surface area (Å²) in [5.41, 5.74) is 1.45. The summed E-state index contributed by atoms with van der Waals surface area (Å²) < 4.78 is 7.92. The van der Waals surface area contributed by atoms with E-state index in [0.29, 0.717) is 25.4 Å². The maximum absolute atomic E-state index is 12.8. The Balaban J connectivity index is 1.33. The number of hydrogen-bond acceptors (Lipinski definition) is 5. The number of fused-ring (bicyclic) bond motifs is 2. The fraction of sp³-hybridized carbons (Fsp3) is 0.571. The Kier molecular flexibility index (Phi) is 4.33. The Bertz CT molecular complexity index is 966. The number of hydrogen-bond donors (Lipinski definition) is 1. The maximum atomic E-state index is 12.8. The number of aromatic nitrogens is 2. The summed E-state index contributed by atoms with van der Waals surface area (Å²) in [5.74, 6) is 0.0446. The Morgan fingerprint density at radius 2 is 2.00 bits per heavy atom. The summed E-state index contributed by atoms with van der Waals surface area (Å²) in [5, 5.41) is 7.26. The fourth-order valence-electron chi connectivity index (χ4n) is 4.37. The largest absolute Gasteiger partial charge is 0.369 e. The third-order valence-electron chi connectivity index (χ3n) is 6.51. The van der Waals surface area contributed by atoms with E-state index in [0.717, 1.165) is 37.0 Å². The topological polar surface area (TPSA) is 76.5 Å². The van der Waals surface area contributed by atoms with Crippen LogP contribution in [0.2, 0.25) is 0 Å². The SMILES string of the molecule is Cn1nccc1C(=O)N1CCC2(CC1)OCCc1cc(C(=O)NC3(C)CC3)sc12. The van der Waals surface area contributed by atoms with Crippen LogP contribution in [0.1, 0.15) is 63.2 Å². The zero-order chi connectivity index (χ0) is 20.2. The highest BCUT2D eigenvalue weighted by Crippen LogP contribution is 2.46. The lowest BCUT2D eigenvalue weighted by molar-refractivity contribution is -0.0906. The smallest absolute Gasteiger partial charge is 0.272 e. The van der Waals surface area contributed by atoms with Crippen molar-refractivity contribution in [3.8, 4) is 0 Å². The van der Waals surface area contributed by atoms with E-state index in [1.54, 1.807) is 35.3 Å². The van der Waals surface area contributed by atoms with Crippen LogP contribution in [-0.4, -0.2) is 51.7 Å². The first-order chi connectivity index (χ1) is 13.9. The van der Waals surface area contributed by atoms with Gasteiger partial charge in [-0.2, -0.15) is 5.10 Å². The molecule has 154 valence electrons. The molecule has 2 amide bonds. The predicted octanol–water partition coefficient (Wildman–Crippen LogP) is 2.47. The summed E-state index contributed by atoms with van der Waals surface area (Å²) in [6.07, 6.45) is 6.10. The van der Waals surface area contributed by atoms with E-state index < -0.39 is 0 Å². The standard InChI is InChI=1S/C21H26N4O3S/c1-20(5-6-20)23-18(26)16-13-14-4-12-28-21(17(14)29-16)7-10-25(11-8-21)19(27)15-3-9-22-24(15)2/h3,9,13H,4-8,10-12H2,1-2H3,(H,23,26). The highest BCUT2D eigenvalue weighted by Gasteiger charge is 2.44. The van der Waals surface area contributed by atoms with Gasteiger partial charge in [0.2, 0.25) is 0 Å². The lowest BCUT2D eigenvalue weighted by Gasteiger charge is -2.43. The van der Waals surface area contributed by atoms with Crippen LogP contribution in [0, 0.1) is 0 Å². The zero-order valence-corrected chi connectivity index (χ0v) is 17.7. The first-order valence-corrected chi connectivity index (χ1v) is 11.1. The first kappa shape index (κ1) is 18.8. The number of thiophene rings is 1. The van der Waals surface area contributed by atoms with Crippen LogP contribution in [0.15, 0.2) is 18.3 Å². The second-order valence-corrected chi connectivity index (χ2v) is 9.76. The van der Waals surface area contributed by atoms with Gasteiger partial charge in [-0.15, -0.1) is 11.3 Å². The van der Waals surface area contributed by atoms with E-state index in [2.05, 4.69) is 23.4 Å². The number of carbonyl (C=O) groups excluding carboxylic acids is 2. The lowest BCUT2D eigenvalue weighted by Crippen LogP contribution is -2.48. The van der Waals surface area contributed by atoms with Gasteiger partial charge in [-0.05, 0) is 56.7 Å². The number of nitrogens with zero attached hydrogens (tertiary/aromatic N) is 3. The summed E-state index contributed by atoms with van der Waals surface area (Å²) in [6, 6.07) is 3.81. The molecule has 0 unspecified atom stereocenters. The van der Waals surface area contributed by atoms with Gasteiger partial charge in [-0.1, -0.05) is 0 Å². The molecule has 7 nitrogen and oxygen atoms in total. The molecule has 4 heterocycles. The van der Waals surface area contributed by atoms with Crippen molar-refractivity contribution in [2.24, 2.45) is 7.05 Å². The van der Waals surface area contributed by atoms with E-state index >= 15 is 0 Å². The third-order valence-corrected chi connectivity index (χ3v) is 7.87. The average molecular weight is 415 g/mol. The number of ether oxygens (including phenoxy) is 1. The van der Waals surface area contributed by atoms with E-state index in [9.17, 15) is 9.59 Å². The molecule has 2 aromatic heterocycles. The molecule has 0 radical (unpaired) electrons. The average Bonchev–Trinajstić information content (AvgIpc) is 3.09. The Hall–Kier alpha value is -2.19. The monoisotopic (exact) mass is 414 g/mol. The normalized spacial score (nSPS) is 21.7. The van der Waals surface area contributed by atoms with Crippen molar-refractivity contribution in [3.63, 3.8) is 0 Å². The highest BCUT2D eigenvalue weighted by atomic mass is 32.1. The van der Waals surface area contributed by atoms with Crippen LogP contribution >= 0.6 is 11.3 Å². The van der Waals surface area contributed by atoms with Gasteiger partial charge >= 0.3 is 0 Å². The Morgan fingerprint density at radius 3 is 2.66 bits per heavy atom. The van der Waals surface area contributed by atoms with Crippen molar-refractivity contribution >= 4 is 23.2 Å². The van der Waals surface area contributed by atoms with Crippen LogP contribution in [-0.2, 0) is 23.8 Å². The Morgan fingerprint density at radius 1 is 1.24 bits per heavy atom. The van der Waals surface area contributed by atoms with E-state index in [1.165, 1.54) is 10.4 Å². The minimum Gasteiger partial charge on any atom is -0.369 e. The van der Waals surface area contributed by atoms with Crippen molar-refractivity contribution < 1.29 is 14.3 Å². The molecule has 2 aromatic rings. The van der Waals surface area contributed by atoms with Gasteiger partial charge in [0.05, 0.1) is 11.5 Å². The molecular formula is C21H26N4O3S. The molecule has 8 heteroatoms. The second-order valence-electron chi connectivity index (χ2n) is 8.70. The minimum atomic E-state index is -0.372. The van der Waals surface area contributed by atoms with Gasteiger partial charge < -0.3 is 15.0 Å². The molecule has 2 fully saturated rings. The fourth-order valence-corrected chi connectivity index (χ4v) is 5.68. The molecule has 1 saturated carbocycles. The molecular weight excluding hydrogens is 388 g/mol. The molecule has 1 N–H and O–H groups in total. The zero-order valence-electron chi connectivity index (χ0n) is 16.9. The summed E-state index contributed by atoms with van der Waals surface area (Å²) in [6.45, 7) is 4.04. The first-order valence-electron chi connectivity index (χ1n) is 10.3. The van der Waals surface area contributed by atoms with E-state index in [1.807, 2.05) is 4.90 Å². The van der Waals surface area contributed by atoms with Gasteiger partial charge in [0.15, 0.2) is 0 Å². The van der Waals surface area contributed by atoms with Crippen LogP contribution in [0.25, 0.3) is 0 Å². The Labute approximate surface area is 174 Å². The number of carbonyl (C=O) groups is 2. The molecule has 0 aromatic carbocycles. The maximum Gasteiger partial charge on any atom is 0.272 e. The number of piperidine rings is 1. The van der Waals surface area contributed by atoms with Gasteiger partial charge in [-0.25, -0.2) is 0 Å². The van der Waals surface area contributed by atoms with Crippen LogP contribution < -0.4 is 5.32 Å². The van der Waals surface area contributed by atoms with Crippen molar-refractivity contribution in [3.05, 3.63) is 39.3 Å². The van der Waals surface area contributed by atoms with Crippen molar-refractivity contribution in [1.82, 2.24) is 20.0 Å². The lowest BCUT2D eigenvalue weighted by atomic mass is 9.85. The molecule has 5 rings (SSSR count). The van der Waals surface area contributed by atoms with Gasteiger partial charge in [0.25, 0.3) is 11.8 Å². The molecule has 1 saturated heterocycles. The van der Waals surface area contributed by atoms with E-state index in [-0.39, 0.29) is 23.0 Å². The molecule has 0 atom stereocenters. The summed E-state index contributed by atoms with van der Waals surface area (Å²) in [4.78, 5) is 29.3. The number of nitrogens with one attached hydrogen (secondary N) is 1. The van der Waals surface area contributed by atoms with Crippen LogP contribution in [0.3, 0.4) is 0 Å². The molecule has 3 aliphatic rings. The number of aryl methyl sites for hydroxylation is 1. The second kappa shape index (κ2) is 6.67. The van der Waals surface area contributed by atoms with E-state index in [4.69, 9.17) is 4.74 Å². The summed E-state index contributed by atoms with van der Waals surface area (Å²) in [7, 11) is 1.79. The van der Waals surface area contributed by atoms with Crippen LogP contribution in [0.4, 0.5) is 0 Å². The molecule has 0 bridgehead atoms. The van der Waals surface area contributed by atoms with Crippen molar-refractivity contribution in [2.45, 2.75) is 50.2 Å². The molecule has 2 aliphatic heterocycles. The highest BCUT2D eigenvalue weighted by molar-refractivity contribution is 7.14. The predicted molar refractivity (Wildman–Crippen MR) is 109 cm³/mol. The minimum absolute atomic E-state index is 0.0137. The number of rotatable bonds is 3.